The zero-order valence-corrected chi connectivity index (χ0v) is 17.4. The van der Waals surface area contributed by atoms with Crippen LogP contribution in [-0.2, 0) is 11.2 Å². The fourth-order valence-electron chi connectivity index (χ4n) is 3.30. The van der Waals surface area contributed by atoms with Crippen molar-refractivity contribution in [1.29, 1.82) is 0 Å². The van der Waals surface area contributed by atoms with Crippen molar-refractivity contribution in [2.75, 3.05) is 6.54 Å². The first-order chi connectivity index (χ1) is 13.6. The fourth-order valence-corrected chi connectivity index (χ4v) is 4.70. The second-order valence-electron chi connectivity index (χ2n) is 6.60. The number of nitrogens with zero attached hydrogens (tertiary/aromatic N) is 2. The Hall–Kier alpha value is -2.53. The molecule has 1 fully saturated rings. The van der Waals surface area contributed by atoms with Gasteiger partial charge in [-0.25, -0.2) is 0 Å². The van der Waals surface area contributed by atoms with Crippen molar-refractivity contribution in [3.63, 3.8) is 0 Å². The first kappa shape index (κ1) is 20.2. The largest absolute Gasteiger partial charge is 0.508 e. The normalized spacial score (nSPS) is 18.9. The molecule has 0 spiro atoms. The third kappa shape index (κ3) is 3.99. The van der Waals surface area contributed by atoms with E-state index < -0.39 is 0 Å². The molecule has 3 rings (SSSR count). The average Bonchev–Trinajstić information content (AvgIpc) is 3.06. The fraction of sp³-hybridized carbons (Fsp3) is 0.304. The number of aromatic nitrogens is 1. The van der Waals surface area contributed by atoms with E-state index in [1.54, 1.807) is 24.0 Å². The van der Waals surface area contributed by atoms with Crippen molar-refractivity contribution in [3.05, 3.63) is 76.5 Å². The van der Waals surface area contributed by atoms with E-state index in [0.29, 0.717) is 12.3 Å². The summed E-state index contributed by atoms with van der Waals surface area (Å²) in [5.41, 5.74) is 3.78. The van der Waals surface area contributed by atoms with Crippen molar-refractivity contribution >= 4 is 23.2 Å². The molecule has 0 radical (unpaired) electrons. The van der Waals surface area contributed by atoms with Gasteiger partial charge >= 0.3 is 0 Å². The van der Waals surface area contributed by atoms with Crippen LogP contribution in [0.1, 0.15) is 49.3 Å². The van der Waals surface area contributed by atoms with E-state index >= 15 is 0 Å². The lowest BCUT2D eigenvalue weighted by atomic mass is 10.00. The molecule has 0 aliphatic carbocycles. The molecule has 2 heterocycles. The number of allylic oxidation sites excluding steroid dienone is 3. The highest BCUT2D eigenvalue weighted by Gasteiger charge is 2.37. The summed E-state index contributed by atoms with van der Waals surface area (Å²) in [5, 5.41) is 9.98. The Bertz CT molecular complexity index is 906. The third-order valence-electron chi connectivity index (χ3n) is 4.81. The molecule has 1 aromatic heterocycles. The molecule has 0 saturated carbocycles. The minimum atomic E-state index is -0.0750. The van der Waals surface area contributed by atoms with E-state index in [2.05, 4.69) is 18.0 Å². The van der Waals surface area contributed by atoms with Crippen molar-refractivity contribution in [2.45, 2.75) is 39.0 Å². The predicted octanol–water partition coefficient (Wildman–Crippen LogP) is 5.32. The molecule has 1 amide bonds. The summed E-state index contributed by atoms with van der Waals surface area (Å²) in [6.07, 6.45) is 9.30. The van der Waals surface area contributed by atoms with Gasteiger partial charge in [0.25, 0.3) is 5.91 Å². The van der Waals surface area contributed by atoms with Crippen LogP contribution in [0.25, 0.3) is 5.57 Å². The van der Waals surface area contributed by atoms with Gasteiger partial charge in [0.15, 0.2) is 0 Å². The maximum absolute atomic E-state index is 13.3. The van der Waals surface area contributed by atoms with E-state index in [0.717, 1.165) is 40.0 Å². The number of carbonyl (C=O) groups excluding carboxylic acids is 1. The minimum absolute atomic E-state index is 0.0447. The van der Waals surface area contributed by atoms with E-state index in [1.165, 1.54) is 0 Å². The molecule has 0 bridgehead atoms. The number of rotatable bonds is 6. The van der Waals surface area contributed by atoms with Crippen LogP contribution in [0.15, 0.2) is 59.8 Å². The highest BCUT2D eigenvalue weighted by atomic mass is 32.2. The topological polar surface area (TPSA) is 53.4 Å². The number of amides is 1. The minimum Gasteiger partial charge on any atom is -0.508 e. The number of phenols is 1. The van der Waals surface area contributed by atoms with Crippen LogP contribution >= 0.6 is 11.8 Å². The van der Waals surface area contributed by atoms with E-state index in [1.807, 2.05) is 55.3 Å². The lowest BCUT2D eigenvalue weighted by Crippen LogP contribution is -2.27. The van der Waals surface area contributed by atoms with Crippen molar-refractivity contribution in [3.8, 4) is 5.75 Å². The second kappa shape index (κ2) is 9.11. The number of likely N-dealkylation sites (N-methyl/N-ethyl adjacent to an activating group) is 1. The summed E-state index contributed by atoms with van der Waals surface area (Å²) in [5.74, 6) is 0.340. The van der Waals surface area contributed by atoms with Crippen LogP contribution in [0.2, 0.25) is 0 Å². The van der Waals surface area contributed by atoms with Crippen molar-refractivity contribution < 1.29 is 9.90 Å². The molecule has 1 aliphatic heterocycles. The van der Waals surface area contributed by atoms with Gasteiger partial charge in [0.05, 0.1) is 4.91 Å². The quantitative estimate of drug-likeness (QED) is 0.674. The Morgan fingerprint density at radius 1 is 1.29 bits per heavy atom. The van der Waals surface area contributed by atoms with Crippen LogP contribution in [-0.4, -0.2) is 27.4 Å². The van der Waals surface area contributed by atoms with Crippen molar-refractivity contribution in [1.82, 2.24) is 9.88 Å². The first-order valence-electron chi connectivity index (χ1n) is 9.71. The summed E-state index contributed by atoms with van der Waals surface area (Å²) in [7, 11) is 0. The van der Waals surface area contributed by atoms with Gasteiger partial charge in [-0.05, 0) is 49.1 Å². The lowest BCUT2D eigenvalue weighted by Gasteiger charge is -2.21. The maximum atomic E-state index is 13.3. The molecular formula is C23H26N2O2S. The molecular weight excluding hydrogens is 368 g/mol. The summed E-state index contributed by atoms with van der Waals surface area (Å²) < 4.78 is 0. The van der Waals surface area contributed by atoms with Gasteiger partial charge in [0.2, 0.25) is 0 Å². The second-order valence-corrected chi connectivity index (χ2v) is 7.69. The van der Waals surface area contributed by atoms with Crippen LogP contribution in [0, 0.1) is 0 Å². The first-order valence-corrected chi connectivity index (χ1v) is 10.6. The number of hydrogen-bond donors (Lipinski definition) is 1. The molecule has 1 N–H and O–H groups in total. The number of carbonyl (C=O) groups is 1. The Balaban J connectivity index is 2.12. The molecule has 1 unspecified atom stereocenters. The standard InChI is InChI=1S/C23H26N2O2S/c1-4-7-10-19(17-11-12-20(26)16(5-2)14-17)21-22(27)25(6-3)23(28-21)18-9-8-13-24-15-18/h7-15,23,26H,4-6H2,1-3H3. The summed E-state index contributed by atoms with van der Waals surface area (Å²) in [6, 6.07) is 9.51. The number of thioether (sulfide) groups is 1. The van der Waals surface area contributed by atoms with Crippen LogP contribution < -0.4 is 0 Å². The van der Waals surface area contributed by atoms with Gasteiger partial charge in [-0.2, -0.15) is 0 Å². The zero-order chi connectivity index (χ0) is 20.1. The summed E-state index contributed by atoms with van der Waals surface area (Å²) in [6.45, 7) is 6.73. The Kier molecular flexibility index (Phi) is 6.57. The van der Waals surface area contributed by atoms with Gasteiger partial charge in [0.1, 0.15) is 11.1 Å². The smallest absolute Gasteiger partial charge is 0.262 e. The highest BCUT2D eigenvalue weighted by molar-refractivity contribution is 8.04. The molecule has 146 valence electrons. The van der Waals surface area contributed by atoms with Crippen LogP contribution in [0.3, 0.4) is 0 Å². The molecule has 1 aliphatic rings. The van der Waals surface area contributed by atoms with Gasteiger partial charge in [-0.1, -0.05) is 49.9 Å². The monoisotopic (exact) mass is 394 g/mol. The molecule has 28 heavy (non-hydrogen) atoms. The van der Waals surface area contributed by atoms with Gasteiger partial charge in [0, 0.05) is 30.1 Å². The van der Waals surface area contributed by atoms with Crippen LogP contribution in [0.4, 0.5) is 0 Å². The molecule has 1 saturated heterocycles. The number of hydrogen-bond acceptors (Lipinski definition) is 4. The molecule has 5 heteroatoms. The molecule has 1 aromatic carbocycles. The van der Waals surface area contributed by atoms with Crippen LogP contribution in [0.5, 0.6) is 5.75 Å². The van der Waals surface area contributed by atoms with Gasteiger partial charge < -0.3 is 10.0 Å². The number of aromatic hydroxyl groups is 1. The third-order valence-corrected chi connectivity index (χ3v) is 6.19. The average molecular weight is 395 g/mol. The lowest BCUT2D eigenvalue weighted by molar-refractivity contribution is -0.126. The highest BCUT2D eigenvalue weighted by Crippen LogP contribution is 2.48. The number of benzene rings is 1. The number of pyridine rings is 1. The Morgan fingerprint density at radius 3 is 2.75 bits per heavy atom. The molecule has 2 aromatic rings. The Labute approximate surface area is 171 Å². The SMILES string of the molecule is CCC=CC(=C1SC(c2cccnc2)N(CC)C1=O)c1ccc(O)c(CC)c1. The van der Waals surface area contributed by atoms with E-state index in [9.17, 15) is 9.90 Å². The van der Waals surface area contributed by atoms with Gasteiger partial charge in [-0.3, -0.25) is 9.78 Å². The van der Waals surface area contributed by atoms with Gasteiger partial charge in [-0.15, -0.1) is 0 Å². The zero-order valence-electron chi connectivity index (χ0n) is 16.6. The number of phenolic OH excluding ortho intramolecular Hbond substituents is 1. The van der Waals surface area contributed by atoms with E-state index in [4.69, 9.17) is 0 Å². The summed E-state index contributed by atoms with van der Waals surface area (Å²) >= 11 is 1.58. The summed E-state index contributed by atoms with van der Waals surface area (Å²) in [4.78, 5) is 20.1. The Morgan fingerprint density at radius 2 is 2.11 bits per heavy atom. The molecule has 4 nitrogen and oxygen atoms in total. The van der Waals surface area contributed by atoms with E-state index in [-0.39, 0.29) is 11.3 Å². The maximum Gasteiger partial charge on any atom is 0.262 e. The number of aryl methyl sites for hydroxylation is 1. The predicted molar refractivity (Wildman–Crippen MR) is 116 cm³/mol. The van der Waals surface area contributed by atoms with Crippen molar-refractivity contribution in [2.24, 2.45) is 0 Å². The molecule has 1 atom stereocenters.